The summed E-state index contributed by atoms with van der Waals surface area (Å²) in [5, 5.41) is 1.23. The SMILES string of the molecule is C=C(CCC)Cc1ccc(Cl)c(Cl)c1. The number of hydrogen-bond acceptors (Lipinski definition) is 0. The average molecular weight is 229 g/mol. The smallest absolute Gasteiger partial charge is 0.0595 e. The van der Waals surface area contributed by atoms with Gasteiger partial charge in [0.05, 0.1) is 10.0 Å². The summed E-state index contributed by atoms with van der Waals surface area (Å²) in [6.45, 7) is 6.17. The zero-order chi connectivity index (χ0) is 10.6. The fourth-order valence-electron chi connectivity index (χ4n) is 1.38. The first-order chi connectivity index (χ1) is 6.63. The van der Waals surface area contributed by atoms with Crippen molar-refractivity contribution in [3.8, 4) is 0 Å². The maximum Gasteiger partial charge on any atom is 0.0595 e. The molecule has 0 aromatic heterocycles. The number of rotatable bonds is 4. The van der Waals surface area contributed by atoms with Gasteiger partial charge in [0.1, 0.15) is 0 Å². The van der Waals surface area contributed by atoms with Crippen LogP contribution in [0.3, 0.4) is 0 Å². The highest BCUT2D eigenvalue weighted by atomic mass is 35.5. The zero-order valence-corrected chi connectivity index (χ0v) is 9.83. The highest BCUT2D eigenvalue weighted by Crippen LogP contribution is 2.24. The molecule has 0 aliphatic carbocycles. The number of benzene rings is 1. The molecule has 0 radical (unpaired) electrons. The molecule has 0 bridgehead atoms. The molecule has 0 aliphatic rings. The second-order valence-corrected chi connectivity index (χ2v) is 4.24. The molecular formula is C12H14Cl2. The van der Waals surface area contributed by atoms with Crippen LogP contribution in [0.4, 0.5) is 0 Å². The van der Waals surface area contributed by atoms with Crippen LogP contribution in [0.2, 0.25) is 10.0 Å². The Morgan fingerprint density at radius 2 is 2.00 bits per heavy atom. The Balaban J connectivity index is 2.68. The van der Waals surface area contributed by atoms with E-state index in [1.807, 2.05) is 18.2 Å². The predicted octanol–water partition coefficient (Wildman–Crippen LogP) is 4.89. The van der Waals surface area contributed by atoms with E-state index in [4.69, 9.17) is 23.2 Å². The van der Waals surface area contributed by atoms with Crippen molar-refractivity contribution < 1.29 is 0 Å². The maximum atomic E-state index is 5.91. The molecule has 0 heterocycles. The van der Waals surface area contributed by atoms with Gasteiger partial charge in [-0.05, 0) is 30.5 Å². The minimum atomic E-state index is 0.608. The maximum absolute atomic E-state index is 5.91. The van der Waals surface area contributed by atoms with Crippen molar-refractivity contribution in [1.82, 2.24) is 0 Å². The van der Waals surface area contributed by atoms with Crippen LogP contribution in [-0.2, 0) is 6.42 Å². The van der Waals surface area contributed by atoms with E-state index in [2.05, 4.69) is 13.5 Å². The van der Waals surface area contributed by atoms with Crippen molar-refractivity contribution in [2.45, 2.75) is 26.2 Å². The summed E-state index contributed by atoms with van der Waals surface area (Å²) in [7, 11) is 0. The van der Waals surface area contributed by atoms with Crippen LogP contribution < -0.4 is 0 Å². The van der Waals surface area contributed by atoms with E-state index < -0.39 is 0 Å². The van der Waals surface area contributed by atoms with Gasteiger partial charge in [0.15, 0.2) is 0 Å². The summed E-state index contributed by atoms with van der Waals surface area (Å²) in [6, 6.07) is 5.73. The normalized spacial score (nSPS) is 10.2. The molecule has 0 spiro atoms. The van der Waals surface area contributed by atoms with Crippen molar-refractivity contribution in [3.05, 3.63) is 46.0 Å². The molecule has 0 aliphatic heterocycles. The van der Waals surface area contributed by atoms with Crippen molar-refractivity contribution in [2.75, 3.05) is 0 Å². The van der Waals surface area contributed by atoms with Gasteiger partial charge >= 0.3 is 0 Å². The molecular weight excluding hydrogens is 215 g/mol. The van der Waals surface area contributed by atoms with Crippen molar-refractivity contribution in [3.63, 3.8) is 0 Å². The molecule has 0 N–H and O–H groups in total. The fourth-order valence-corrected chi connectivity index (χ4v) is 1.70. The number of halogens is 2. The lowest BCUT2D eigenvalue weighted by Gasteiger charge is -2.05. The van der Waals surface area contributed by atoms with Gasteiger partial charge in [-0.3, -0.25) is 0 Å². The van der Waals surface area contributed by atoms with Gasteiger partial charge in [0.25, 0.3) is 0 Å². The Morgan fingerprint density at radius 3 is 2.57 bits per heavy atom. The van der Waals surface area contributed by atoms with Gasteiger partial charge in [-0.1, -0.05) is 54.8 Å². The Hall–Kier alpha value is -0.460. The van der Waals surface area contributed by atoms with Gasteiger partial charge in [-0.2, -0.15) is 0 Å². The quantitative estimate of drug-likeness (QED) is 0.644. The molecule has 0 atom stereocenters. The van der Waals surface area contributed by atoms with Crippen LogP contribution >= 0.6 is 23.2 Å². The summed E-state index contributed by atoms with van der Waals surface area (Å²) >= 11 is 11.7. The molecule has 0 saturated heterocycles. The molecule has 76 valence electrons. The largest absolute Gasteiger partial charge is 0.0995 e. The van der Waals surface area contributed by atoms with Gasteiger partial charge in [-0.15, -0.1) is 0 Å². The van der Waals surface area contributed by atoms with Gasteiger partial charge in [0.2, 0.25) is 0 Å². The zero-order valence-electron chi connectivity index (χ0n) is 8.32. The topological polar surface area (TPSA) is 0 Å². The molecule has 0 fully saturated rings. The standard InChI is InChI=1S/C12H14Cl2/c1-3-4-9(2)7-10-5-6-11(13)12(14)8-10/h5-6,8H,2-4,7H2,1H3. The molecule has 1 aromatic carbocycles. The minimum Gasteiger partial charge on any atom is -0.0995 e. The molecule has 0 saturated carbocycles. The third-order valence-electron chi connectivity index (χ3n) is 2.04. The Labute approximate surface area is 95.5 Å². The van der Waals surface area contributed by atoms with E-state index in [-0.39, 0.29) is 0 Å². The molecule has 2 heteroatoms. The molecule has 0 amide bonds. The summed E-state index contributed by atoms with van der Waals surface area (Å²) in [5.74, 6) is 0. The second kappa shape index (κ2) is 5.43. The summed E-state index contributed by atoms with van der Waals surface area (Å²) in [4.78, 5) is 0. The lowest BCUT2D eigenvalue weighted by Crippen LogP contribution is -1.89. The van der Waals surface area contributed by atoms with Gasteiger partial charge < -0.3 is 0 Å². The van der Waals surface area contributed by atoms with E-state index >= 15 is 0 Å². The van der Waals surface area contributed by atoms with Crippen LogP contribution in [0.25, 0.3) is 0 Å². The first-order valence-corrected chi connectivity index (χ1v) is 5.49. The summed E-state index contributed by atoms with van der Waals surface area (Å²) in [5.41, 5.74) is 2.42. The highest BCUT2D eigenvalue weighted by molar-refractivity contribution is 6.42. The van der Waals surface area contributed by atoms with Crippen molar-refractivity contribution in [1.29, 1.82) is 0 Å². The monoisotopic (exact) mass is 228 g/mol. The van der Waals surface area contributed by atoms with E-state index in [1.165, 1.54) is 11.1 Å². The summed E-state index contributed by atoms with van der Waals surface area (Å²) in [6.07, 6.45) is 3.10. The fraction of sp³-hybridized carbons (Fsp3) is 0.333. The molecule has 0 unspecified atom stereocenters. The van der Waals surface area contributed by atoms with E-state index in [0.717, 1.165) is 19.3 Å². The minimum absolute atomic E-state index is 0.608. The van der Waals surface area contributed by atoms with Crippen LogP contribution in [0.1, 0.15) is 25.3 Å². The number of allylic oxidation sites excluding steroid dienone is 1. The van der Waals surface area contributed by atoms with Crippen LogP contribution in [-0.4, -0.2) is 0 Å². The Kier molecular flexibility index (Phi) is 4.50. The van der Waals surface area contributed by atoms with E-state index in [0.29, 0.717) is 10.0 Å². The predicted molar refractivity (Wildman–Crippen MR) is 64.2 cm³/mol. The first kappa shape index (κ1) is 11.6. The van der Waals surface area contributed by atoms with E-state index in [9.17, 15) is 0 Å². The molecule has 1 rings (SSSR count). The highest BCUT2D eigenvalue weighted by Gasteiger charge is 2.01. The van der Waals surface area contributed by atoms with Gasteiger partial charge in [0, 0.05) is 0 Å². The second-order valence-electron chi connectivity index (χ2n) is 3.43. The third kappa shape index (κ3) is 3.36. The van der Waals surface area contributed by atoms with Crippen LogP contribution in [0.15, 0.2) is 30.4 Å². The molecule has 1 aromatic rings. The van der Waals surface area contributed by atoms with Gasteiger partial charge in [-0.25, -0.2) is 0 Å². The lowest BCUT2D eigenvalue weighted by molar-refractivity contribution is 0.875. The Bertz CT molecular complexity index is 329. The van der Waals surface area contributed by atoms with Crippen LogP contribution in [0.5, 0.6) is 0 Å². The first-order valence-electron chi connectivity index (χ1n) is 4.74. The lowest BCUT2D eigenvalue weighted by atomic mass is 10.0. The number of hydrogen-bond donors (Lipinski definition) is 0. The van der Waals surface area contributed by atoms with E-state index in [1.54, 1.807) is 0 Å². The van der Waals surface area contributed by atoms with Crippen molar-refractivity contribution >= 4 is 23.2 Å². The molecule has 14 heavy (non-hydrogen) atoms. The average Bonchev–Trinajstić information content (AvgIpc) is 2.12. The molecule has 0 nitrogen and oxygen atoms in total. The summed E-state index contributed by atoms with van der Waals surface area (Å²) < 4.78 is 0. The van der Waals surface area contributed by atoms with Crippen molar-refractivity contribution in [2.24, 2.45) is 0 Å². The third-order valence-corrected chi connectivity index (χ3v) is 2.78. The van der Waals surface area contributed by atoms with Crippen LogP contribution in [0, 0.1) is 0 Å². The Morgan fingerprint density at radius 1 is 1.29 bits per heavy atom.